The van der Waals surface area contributed by atoms with E-state index in [1.165, 1.54) is 18.4 Å². The van der Waals surface area contributed by atoms with E-state index >= 15 is 0 Å². The van der Waals surface area contributed by atoms with Gasteiger partial charge in [0, 0.05) is 11.5 Å². The summed E-state index contributed by atoms with van der Waals surface area (Å²) in [5.41, 5.74) is 1.40. The maximum atomic E-state index is 5.70. The largest absolute Gasteiger partial charge is 0.493 e. The number of fused-ring (bicyclic) bond motifs is 1. The Morgan fingerprint density at radius 1 is 1.44 bits per heavy atom. The molecule has 1 aliphatic rings. The van der Waals surface area contributed by atoms with Gasteiger partial charge >= 0.3 is 0 Å². The number of benzene rings is 1. The van der Waals surface area contributed by atoms with Crippen molar-refractivity contribution in [1.82, 2.24) is 5.32 Å². The molecule has 1 N–H and O–H groups in total. The van der Waals surface area contributed by atoms with Crippen LogP contribution in [0.25, 0.3) is 0 Å². The van der Waals surface area contributed by atoms with Crippen molar-refractivity contribution in [2.45, 2.75) is 25.7 Å². The molecule has 0 saturated heterocycles. The molecule has 1 aromatic rings. The summed E-state index contributed by atoms with van der Waals surface area (Å²) in [4.78, 5) is 0. The Bertz CT molecular complexity index is 337. The highest BCUT2D eigenvalue weighted by Gasteiger charge is 2.24. The molecule has 1 heterocycles. The van der Waals surface area contributed by atoms with E-state index in [-0.39, 0.29) is 0 Å². The lowest BCUT2D eigenvalue weighted by Gasteiger charge is -2.15. The molecular weight excluding hydrogens is 198 g/mol. The Balaban J connectivity index is 1.92. The fourth-order valence-electron chi connectivity index (χ4n) is 2.42. The number of ether oxygens (including phenoxy) is 1. The van der Waals surface area contributed by atoms with E-state index in [9.17, 15) is 0 Å². The Morgan fingerprint density at radius 2 is 2.25 bits per heavy atom. The fraction of sp³-hybridized carbons (Fsp3) is 0.571. The summed E-state index contributed by atoms with van der Waals surface area (Å²) in [6.07, 6.45) is 2.48. The van der Waals surface area contributed by atoms with Crippen molar-refractivity contribution >= 4 is 0 Å². The minimum Gasteiger partial charge on any atom is -0.493 e. The molecule has 0 bridgehead atoms. The Kier molecular flexibility index (Phi) is 3.83. The Hall–Kier alpha value is -1.02. The summed E-state index contributed by atoms with van der Waals surface area (Å²) < 4.78 is 5.70. The summed E-state index contributed by atoms with van der Waals surface area (Å²) in [5.74, 6) is 2.45. The molecule has 0 amide bonds. The van der Waals surface area contributed by atoms with Gasteiger partial charge in [-0.15, -0.1) is 0 Å². The molecule has 0 fully saturated rings. The molecule has 0 radical (unpaired) electrons. The van der Waals surface area contributed by atoms with Crippen LogP contribution in [0, 0.1) is 5.92 Å². The monoisotopic (exact) mass is 219 g/mol. The normalized spacial score (nSPS) is 20.2. The summed E-state index contributed by atoms with van der Waals surface area (Å²) in [6.45, 7) is 4.30. The van der Waals surface area contributed by atoms with E-state index in [0.717, 1.165) is 24.8 Å². The van der Waals surface area contributed by atoms with Crippen molar-refractivity contribution in [2.75, 3.05) is 20.2 Å². The zero-order valence-electron chi connectivity index (χ0n) is 10.2. The molecule has 0 saturated carbocycles. The van der Waals surface area contributed by atoms with Crippen LogP contribution in [0.2, 0.25) is 0 Å². The summed E-state index contributed by atoms with van der Waals surface area (Å²) >= 11 is 0. The van der Waals surface area contributed by atoms with Crippen LogP contribution in [-0.4, -0.2) is 20.2 Å². The van der Waals surface area contributed by atoms with Crippen LogP contribution in [0.15, 0.2) is 24.3 Å². The van der Waals surface area contributed by atoms with E-state index in [2.05, 4.69) is 30.4 Å². The van der Waals surface area contributed by atoms with Crippen molar-refractivity contribution < 1.29 is 4.74 Å². The van der Waals surface area contributed by atoms with Gasteiger partial charge in [-0.25, -0.2) is 0 Å². The topological polar surface area (TPSA) is 21.3 Å². The second-order valence-corrected chi connectivity index (χ2v) is 4.78. The molecule has 1 aromatic carbocycles. The zero-order valence-corrected chi connectivity index (χ0v) is 10.2. The van der Waals surface area contributed by atoms with Crippen LogP contribution in [-0.2, 0) is 0 Å². The number of rotatable bonds is 5. The first-order valence-electron chi connectivity index (χ1n) is 6.17. The molecule has 2 nitrogen and oxygen atoms in total. The average molecular weight is 219 g/mol. The highest BCUT2D eigenvalue weighted by molar-refractivity contribution is 5.39. The van der Waals surface area contributed by atoms with E-state index in [1.54, 1.807) is 0 Å². The Labute approximate surface area is 98.0 Å². The molecular formula is C14H21NO. The van der Waals surface area contributed by atoms with Gasteiger partial charge in [0.1, 0.15) is 5.75 Å². The highest BCUT2D eigenvalue weighted by Crippen LogP contribution is 2.37. The summed E-state index contributed by atoms with van der Waals surface area (Å²) in [6, 6.07) is 8.44. The lowest BCUT2D eigenvalue weighted by atomic mass is 9.89. The van der Waals surface area contributed by atoms with Gasteiger partial charge in [0.15, 0.2) is 0 Å². The maximum absolute atomic E-state index is 5.70. The van der Waals surface area contributed by atoms with Gasteiger partial charge in [-0.1, -0.05) is 25.1 Å². The van der Waals surface area contributed by atoms with Gasteiger partial charge in [0.05, 0.1) is 6.61 Å². The first-order chi connectivity index (χ1) is 7.81. The maximum Gasteiger partial charge on any atom is 0.122 e. The van der Waals surface area contributed by atoms with Gasteiger partial charge in [0.25, 0.3) is 0 Å². The van der Waals surface area contributed by atoms with Gasteiger partial charge in [0.2, 0.25) is 0 Å². The molecule has 0 aromatic heterocycles. The third-order valence-electron chi connectivity index (χ3n) is 3.37. The molecule has 2 unspecified atom stereocenters. The fourth-order valence-corrected chi connectivity index (χ4v) is 2.42. The van der Waals surface area contributed by atoms with Crippen molar-refractivity contribution in [3.63, 3.8) is 0 Å². The molecule has 2 heteroatoms. The van der Waals surface area contributed by atoms with Crippen LogP contribution in [0.1, 0.15) is 31.2 Å². The molecule has 0 aliphatic carbocycles. The second-order valence-electron chi connectivity index (χ2n) is 4.78. The SMILES string of the molecule is CNCCC(C)CC1COc2ccccc21. The third-order valence-corrected chi connectivity index (χ3v) is 3.37. The van der Waals surface area contributed by atoms with Gasteiger partial charge in [-0.05, 0) is 38.4 Å². The first-order valence-corrected chi connectivity index (χ1v) is 6.17. The van der Waals surface area contributed by atoms with Crippen LogP contribution in [0.5, 0.6) is 5.75 Å². The van der Waals surface area contributed by atoms with Crippen molar-refractivity contribution in [3.8, 4) is 5.75 Å². The highest BCUT2D eigenvalue weighted by atomic mass is 16.5. The van der Waals surface area contributed by atoms with E-state index in [1.807, 2.05) is 13.1 Å². The number of hydrogen-bond donors (Lipinski definition) is 1. The molecule has 2 atom stereocenters. The number of hydrogen-bond acceptors (Lipinski definition) is 2. The molecule has 0 spiro atoms. The minimum atomic E-state index is 0.600. The number of nitrogens with one attached hydrogen (secondary N) is 1. The van der Waals surface area contributed by atoms with Gasteiger partial charge in [-0.2, -0.15) is 0 Å². The van der Waals surface area contributed by atoms with Crippen LogP contribution in [0.3, 0.4) is 0 Å². The summed E-state index contributed by atoms with van der Waals surface area (Å²) in [5, 5.41) is 3.21. The third kappa shape index (κ3) is 2.56. The standard InChI is InChI=1S/C14H21NO/c1-11(7-8-15-2)9-12-10-16-14-6-4-3-5-13(12)14/h3-6,11-12,15H,7-10H2,1-2H3. The van der Waals surface area contributed by atoms with Crippen LogP contribution < -0.4 is 10.1 Å². The van der Waals surface area contributed by atoms with E-state index in [4.69, 9.17) is 4.74 Å². The Morgan fingerprint density at radius 3 is 3.06 bits per heavy atom. The second kappa shape index (κ2) is 5.35. The predicted octanol–water partition coefficient (Wildman–Crippen LogP) is 2.80. The quantitative estimate of drug-likeness (QED) is 0.822. The average Bonchev–Trinajstić information content (AvgIpc) is 2.70. The predicted molar refractivity (Wildman–Crippen MR) is 67.0 cm³/mol. The summed E-state index contributed by atoms with van der Waals surface area (Å²) in [7, 11) is 2.01. The molecule has 2 rings (SSSR count). The van der Waals surface area contributed by atoms with Crippen molar-refractivity contribution in [1.29, 1.82) is 0 Å². The van der Waals surface area contributed by atoms with Crippen molar-refractivity contribution in [2.24, 2.45) is 5.92 Å². The number of para-hydroxylation sites is 1. The smallest absolute Gasteiger partial charge is 0.122 e. The van der Waals surface area contributed by atoms with E-state index in [0.29, 0.717) is 5.92 Å². The molecule has 88 valence electrons. The lowest BCUT2D eigenvalue weighted by molar-refractivity contribution is 0.306. The van der Waals surface area contributed by atoms with Gasteiger partial charge < -0.3 is 10.1 Å². The zero-order chi connectivity index (χ0) is 11.4. The van der Waals surface area contributed by atoms with Crippen molar-refractivity contribution in [3.05, 3.63) is 29.8 Å². The van der Waals surface area contributed by atoms with Crippen LogP contribution in [0.4, 0.5) is 0 Å². The first kappa shape index (κ1) is 11.5. The van der Waals surface area contributed by atoms with E-state index < -0.39 is 0 Å². The molecule has 1 aliphatic heterocycles. The van der Waals surface area contributed by atoms with Gasteiger partial charge in [-0.3, -0.25) is 0 Å². The lowest BCUT2D eigenvalue weighted by Crippen LogP contribution is -2.14. The van der Waals surface area contributed by atoms with Crippen LogP contribution >= 0.6 is 0 Å². The minimum absolute atomic E-state index is 0.600. The molecule has 16 heavy (non-hydrogen) atoms.